The lowest BCUT2D eigenvalue weighted by Crippen LogP contribution is -2.14. The maximum Gasteiger partial charge on any atom is 0.167 e. The number of hydrogen-bond donors (Lipinski definition) is 0. The summed E-state index contributed by atoms with van der Waals surface area (Å²) < 4.78 is 0. The van der Waals surface area contributed by atoms with Crippen molar-refractivity contribution in [1.82, 2.24) is 0 Å². The Morgan fingerprint density at radius 3 is 1.67 bits per heavy atom. The van der Waals surface area contributed by atoms with Crippen LogP contribution in [0.3, 0.4) is 0 Å². The molecule has 0 saturated carbocycles. The maximum atomic E-state index is 13.6. The van der Waals surface area contributed by atoms with Gasteiger partial charge in [-0.25, -0.2) is 0 Å². The first-order chi connectivity index (χ1) is 13.9. The monoisotopic (exact) mass is 405 g/mol. The summed E-state index contributed by atoms with van der Waals surface area (Å²) in [5, 5.41) is 0. The fourth-order valence-electron chi connectivity index (χ4n) is 4.13. The number of Topliss-reactive ketones (excluding diaryl/α,β-unsaturated/α-hetero) is 1. The Morgan fingerprint density at radius 2 is 1.27 bits per heavy atom. The van der Waals surface area contributed by atoms with Crippen molar-refractivity contribution >= 4 is 5.78 Å². The number of hydrogen-bond acceptors (Lipinski definition) is 1. The highest BCUT2D eigenvalue weighted by Gasteiger charge is 2.22. The van der Waals surface area contributed by atoms with Gasteiger partial charge in [-0.3, -0.25) is 4.79 Å². The van der Waals surface area contributed by atoms with Gasteiger partial charge in [0.2, 0.25) is 0 Å². The Bertz CT molecular complexity index is 852. The van der Waals surface area contributed by atoms with E-state index in [0.717, 1.165) is 11.1 Å². The molecule has 0 atom stereocenters. The summed E-state index contributed by atoms with van der Waals surface area (Å²) in [6.45, 7) is 22.1. The fraction of sp³-hybridized carbons (Fsp3) is 0.552. The molecule has 0 saturated heterocycles. The van der Waals surface area contributed by atoms with Gasteiger partial charge < -0.3 is 0 Å². The topological polar surface area (TPSA) is 17.1 Å². The average Bonchev–Trinajstić information content (AvgIpc) is 2.66. The molecule has 0 amide bonds. The molecule has 0 spiro atoms. The molecule has 0 N–H and O–H groups in total. The Labute approximate surface area is 185 Å². The van der Waals surface area contributed by atoms with Gasteiger partial charge in [-0.05, 0) is 69.0 Å². The number of rotatable bonds is 8. The molecule has 2 rings (SSSR count). The summed E-state index contributed by atoms with van der Waals surface area (Å²) in [4.78, 5) is 13.6. The Kier molecular flexibility index (Phi) is 8.08. The SMILES string of the molecule is CC(C)c1[c]c(C(C)C)c(C(=O)Cc2c(C(C)C)cc(C(C)C)cc2C(C)C)cc1. The smallest absolute Gasteiger partial charge is 0.167 e. The van der Waals surface area contributed by atoms with Crippen LogP contribution in [0.4, 0.5) is 0 Å². The molecule has 0 fully saturated rings. The van der Waals surface area contributed by atoms with Crippen LogP contribution in [0.15, 0.2) is 24.3 Å². The number of ketones is 1. The predicted octanol–water partition coefficient (Wildman–Crippen LogP) is 8.53. The van der Waals surface area contributed by atoms with E-state index in [1.807, 2.05) is 6.07 Å². The summed E-state index contributed by atoms with van der Waals surface area (Å²) in [5.41, 5.74) is 8.34. The van der Waals surface area contributed by atoms with E-state index in [1.54, 1.807) is 0 Å². The van der Waals surface area contributed by atoms with E-state index in [2.05, 4.69) is 93.5 Å². The van der Waals surface area contributed by atoms with Crippen molar-refractivity contribution in [2.45, 2.75) is 105 Å². The minimum atomic E-state index is 0.214. The molecular formula is C29H41O. The number of carbonyl (C=O) groups excluding carboxylic acids is 1. The Morgan fingerprint density at radius 1 is 0.733 bits per heavy atom. The van der Waals surface area contributed by atoms with Crippen LogP contribution in [-0.2, 0) is 6.42 Å². The molecule has 0 heterocycles. The lowest BCUT2D eigenvalue weighted by atomic mass is 9.81. The van der Waals surface area contributed by atoms with E-state index in [0.29, 0.717) is 30.1 Å². The molecule has 0 aliphatic heterocycles. The van der Waals surface area contributed by atoms with Crippen LogP contribution in [0.1, 0.15) is 143 Å². The molecule has 0 aliphatic rings. The molecular weight excluding hydrogens is 364 g/mol. The zero-order valence-electron chi connectivity index (χ0n) is 20.8. The van der Waals surface area contributed by atoms with Gasteiger partial charge in [0.25, 0.3) is 0 Å². The minimum absolute atomic E-state index is 0.214. The van der Waals surface area contributed by atoms with E-state index in [9.17, 15) is 4.79 Å². The number of carbonyl (C=O) groups is 1. The van der Waals surface area contributed by atoms with Crippen molar-refractivity contribution < 1.29 is 4.79 Å². The molecule has 2 aromatic rings. The minimum Gasteiger partial charge on any atom is -0.294 e. The Balaban J connectivity index is 2.58. The average molecular weight is 406 g/mol. The first-order valence-corrected chi connectivity index (χ1v) is 11.7. The van der Waals surface area contributed by atoms with Crippen LogP contribution in [-0.4, -0.2) is 5.78 Å². The van der Waals surface area contributed by atoms with Crippen molar-refractivity contribution in [3.63, 3.8) is 0 Å². The molecule has 2 aromatic carbocycles. The van der Waals surface area contributed by atoms with Crippen LogP contribution in [0.2, 0.25) is 0 Å². The van der Waals surface area contributed by atoms with Gasteiger partial charge in [-0.15, -0.1) is 0 Å². The van der Waals surface area contributed by atoms with E-state index < -0.39 is 0 Å². The predicted molar refractivity (Wildman–Crippen MR) is 130 cm³/mol. The maximum absolute atomic E-state index is 13.6. The van der Waals surface area contributed by atoms with E-state index in [4.69, 9.17) is 0 Å². The second-order valence-corrected chi connectivity index (χ2v) is 10.3. The van der Waals surface area contributed by atoms with Crippen LogP contribution in [0.5, 0.6) is 0 Å². The normalized spacial score (nSPS) is 12.1. The molecule has 1 nitrogen and oxygen atoms in total. The molecule has 0 unspecified atom stereocenters. The second kappa shape index (κ2) is 9.94. The summed E-state index contributed by atoms with van der Waals surface area (Å²) in [6.07, 6.45) is 0.466. The van der Waals surface area contributed by atoms with Crippen molar-refractivity contribution in [2.75, 3.05) is 0 Å². The molecule has 0 bridgehead atoms. The lowest BCUT2D eigenvalue weighted by molar-refractivity contribution is 0.0991. The Hall–Kier alpha value is -1.89. The van der Waals surface area contributed by atoms with Crippen molar-refractivity contribution in [1.29, 1.82) is 0 Å². The molecule has 1 heteroatoms. The molecule has 1 radical (unpaired) electrons. The first kappa shape index (κ1) is 24.4. The highest BCUT2D eigenvalue weighted by Crippen LogP contribution is 2.34. The van der Waals surface area contributed by atoms with Gasteiger partial charge in [0.05, 0.1) is 0 Å². The second-order valence-electron chi connectivity index (χ2n) is 10.3. The third-order valence-corrected chi connectivity index (χ3v) is 6.09. The van der Waals surface area contributed by atoms with Gasteiger partial charge in [0.1, 0.15) is 0 Å². The van der Waals surface area contributed by atoms with E-state index in [-0.39, 0.29) is 11.7 Å². The number of benzene rings is 2. The van der Waals surface area contributed by atoms with Crippen molar-refractivity contribution in [2.24, 2.45) is 0 Å². The van der Waals surface area contributed by atoms with Crippen LogP contribution in [0.25, 0.3) is 0 Å². The molecule has 30 heavy (non-hydrogen) atoms. The third kappa shape index (κ3) is 5.42. The standard InChI is InChI=1S/C29H41O/c1-17(2)22-11-12-24(25(13-22)19(5)6)29(30)16-28-26(20(7)8)14-23(18(3)4)15-27(28)21(9)10/h11-12,14-15,17-21H,16H2,1-10H3. The van der Waals surface area contributed by atoms with Crippen LogP contribution < -0.4 is 0 Å². The zero-order chi connectivity index (χ0) is 22.7. The van der Waals surface area contributed by atoms with Gasteiger partial charge in [0.15, 0.2) is 5.78 Å². The largest absolute Gasteiger partial charge is 0.294 e. The van der Waals surface area contributed by atoms with Gasteiger partial charge in [-0.2, -0.15) is 0 Å². The summed E-state index contributed by atoms with van der Waals surface area (Å²) in [5.74, 6) is 2.17. The van der Waals surface area contributed by atoms with Gasteiger partial charge in [0, 0.05) is 12.0 Å². The van der Waals surface area contributed by atoms with Gasteiger partial charge >= 0.3 is 0 Å². The van der Waals surface area contributed by atoms with E-state index in [1.165, 1.54) is 27.8 Å². The fourth-order valence-corrected chi connectivity index (χ4v) is 4.13. The van der Waals surface area contributed by atoms with Crippen LogP contribution >= 0.6 is 0 Å². The third-order valence-electron chi connectivity index (χ3n) is 6.09. The zero-order valence-corrected chi connectivity index (χ0v) is 20.8. The van der Waals surface area contributed by atoms with Crippen molar-refractivity contribution in [3.05, 3.63) is 69.3 Å². The highest BCUT2D eigenvalue weighted by atomic mass is 16.1. The summed E-state index contributed by atoms with van der Waals surface area (Å²) in [6, 6.07) is 12.3. The summed E-state index contributed by atoms with van der Waals surface area (Å²) >= 11 is 0. The first-order valence-electron chi connectivity index (χ1n) is 11.7. The lowest BCUT2D eigenvalue weighted by Gasteiger charge is -2.23. The molecule has 0 aromatic heterocycles. The van der Waals surface area contributed by atoms with Crippen LogP contribution in [0, 0.1) is 6.07 Å². The van der Waals surface area contributed by atoms with E-state index >= 15 is 0 Å². The quantitative estimate of drug-likeness (QED) is 0.402. The van der Waals surface area contributed by atoms with Gasteiger partial charge in [-0.1, -0.05) is 93.5 Å². The molecule has 0 aliphatic carbocycles. The summed E-state index contributed by atoms with van der Waals surface area (Å²) in [7, 11) is 0. The highest BCUT2D eigenvalue weighted by molar-refractivity contribution is 5.99. The van der Waals surface area contributed by atoms with Crippen molar-refractivity contribution in [3.8, 4) is 0 Å². The molecule has 163 valence electrons.